The van der Waals surface area contributed by atoms with Gasteiger partial charge in [-0.2, -0.15) is 8.42 Å². The van der Waals surface area contributed by atoms with Crippen LogP contribution in [0.2, 0.25) is 0 Å². The van der Waals surface area contributed by atoms with Gasteiger partial charge < -0.3 is 0 Å². The molecule has 4 aromatic rings. The normalized spacial score (nSPS) is 10.9. The Morgan fingerprint density at radius 3 is 1.24 bits per heavy atom. The van der Waals surface area contributed by atoms with Crippen LogP contribution in [-0.4, -0.2) is 20.2 Å². The lowest BCUT2D eigenvalue weighted by molar-refractivity contribution is 0.0976. The number of carbonyl (C=O) groups is 2. The van der Waals surface area contributed by atoms with Crippen LogP contribution in [0.15, 0.2) is 109 Å². The molecule has 164 valence electrons. The van der Waals surface area contributed by atoms with E-state index in [1.54, 1.807) is 24.3 Å². The Balaban J connectivity index is 1.47. The number of carbonyl (C=O) groups excluding carboxylic acids is 2. The lowest BCUT2D eigenvalue weighted by Crippen LogP contribution is -2.43. The van der Waals surface area contributed by atoms with E-state index in [0.29, 0.717) is 0 Å². The lowest BCUT2D eigenvalue weighted by Gasteiger charge is -2.10. The highest BCUT2D eigenvalue weighted by Gasteiger charge is 2.20. The van der Waals surface area contributed by atoms with E-state index in [1.807, 2.05) is 82.2 Å². The molecule has 0 bridgehead atoms. The molecule has 0 aliphatic carbocycles. The average molecular weight is 457 g/mol. The van der Waals surface area contributed by atoms with Gasteiger partial charge in [0.1, 0.15) is 0 Å². The Hall–Kier alpha value is -4.23. The third kappa shape index (κ3) is 5.53. The fourth-order valence-electron chi connectivity index (χ4n) is 3.33. The van der Waals surface area contributed by atoms with Crippen LogP contribution < -0.4 is 9.44 Å². The smallest absolute Gasteiger partial charge is 0.268 e. The van der Waals surface area contributed by atoms with E-state index < -0.39 is 22.0 Å². The van der Waals surface area contributed by atoms with Gasteiger partial charge in [-0.15, -0.1) is 0 Å². The van der Waals surface area contributed by atoms with E-state index in [-0.39, 0.29) is 11.1 Å². The quantitative estimate of drug-likeness (QED) is 0.449. The summed E-state index contributed by atoms with van der Waals surface area (Å²) in [6, 6.07) is 31.9. The highest BCUT2D eigenvalue weighted by Crippen LogP contribution is 2.21. The van der Waals surface area contributed by atoms with Crippen molar-refractivity contribution in [2.24, 2.45) is 0 Å². The second-order valence-corrected chi connectivity index (χ2v) is 8.67. The number of amides is 2. The molecule has 0 unspecified atom stereocenters. The topological polar surface area (TPSA) is 92.3 Å². The summed E-state index contributed by atoms with van der Waals surface area (Å²) in [6.07, 6.45) is 0. The Kier molecular flexibility index (Phi) is 6.33. The summed E-state index contributed by atoms with van der Waals surface area (Å²) < 4.78 is 28.7. The molecule has 0 saturated carbocycles. The first-order chi connectivity index (χ1) is 15.9. The molecular formula is C26H20N2O4S. The monoisotopic (exact) mass is 456 g/mol. The maximum Gasteiger partial charge on any atom is 0.326 e. The molecule has 0 heterocycles. The largest absolute Gasteiger partial charge is 0.326 e. The zero-order chi connectivity index (χ0) is 23.3. The summed E-state index contributed by atoms with van der Waals surface area (Å²) >= 11 is 0. The minimum atomic E-state index is -4.43. The Bertz CT molecular complexity index is 1300. The molecule has 2 amide bonds. The van der Waals surface area contributed by atoms with Crippen molar-refractivity contribution in [1.82, 2.24) is 9.44 Å². The molecular weight excluding hydrogens is 436 g/mol. The van der Waals surface area contributed by atoms with Crippen molar-refractivity contribution in [3.8, 4) is 22.3 Å². The first-order valence-electron chi connectivity index (χ1n) is 10.1. The van der Waals surface area contributed by atoms with Gasteiger partial charge in [0.25, 0.3) is 11.8 Å². The van der Waals surface area contributed by atoms with Crippen molar-refractivity contribution in [2.45, 2.75) is 0 Å². The fraction of sp³-hybridized carbons (Fsp3) is 0. The first-order valence-corrected chi connectivity index (χ1v) is 11.6. The lowest BCUT2D eigenvalue weighted by atomic mass is 10.0. The number of hydrogen-bond acceptors (Lipinski definition) is 4. The van der Waals surface area contributed by atoms with Gasteiger partial charge in [-0.25, -0.2) is 9.44 Å². The molecule has 0 aliphatic rings. The Morgan fingerprint density at radius 1 is 0.485 bits per heavy atom. The summed E-state index contributed by atoms with van der Waals surface area (Å²) in [7, 11) is -4.43. The zero-order valence-electron chi connectivity index (χ0n) is 17.4. The maximum atomic E-state index is 12.6. The zero-order valence-corrected chi connectivity index (χ0v) is 18.3. The molecule has 4 rings (SSSR count). The number of benzene rings is 4. The molecule has 33 heavy (non-hydrogen) atoms. The molecule has 7 heteroatoms. The number of hydrogen-bond donors (Lipinski definition) is 2. The molecule has 0 spiro atoms. The van der Waals surface area contributed by atoms with Crippen LogP contribution in [0.25, 0.3) is 22.3 Å². The molecule has 6 nitrogen and oxygen atoms in total. The minimum absolute atomic E-state index is 0.153. The van der Waals surface area contributed by atoms with Gasteiger partial charge in [0.15, 0.2) is 0 Å². The third-order valence-corrected chi connectivity index (χ3v) is 5.83. The van der Waals surface area contributed by atoms with Gasteiger partial charge in [-0.3, -0.25) is 9.59 Å². The Labute approximate surface area is 192 Å². The van der Waals surface area contributed by atoms with Crippen LogP contribution in [0.1, 0.15) is 20.7 Å². The molecule has 0 aromatic heterocycles. The Morgan fingerprint density at radius 2 is 0.848 bits per heavy atom. The molecule has 0 saturated heterocycles. The van der Waals surface area contributed by atoms with Crippen molar-refractivity contribution in [3.05, 3.63) is 120 Å². The van der Waals surface area contributed by atoms with Crippen LogP contribution in [0.4, 0.5) is 0 Å². The third-order valence-electron chi connectivity index (χ3n) is 4.92. The number of nitrogens with one attached hydrogen (secondary N) is 2. The minimum Gasteiger partial charge on any atom is -0.268 e. The van der Waals surface area contributed by atoms with Gasteiger partial charge in [0.05, 0.1) is 0 Å². The average Bonchev–Trinajstić information content (AvgIpc) is 2.85. The highest BCUT2D eigenvalue weighted by atomic mass is 32.2. The van der Waals surface area contributed by atoms with E-state index in [2.05, 4.69) is 0 Å². The molecule has 0 aliphatic heterocycles. The maximum absolute atomic E-state index is 12.6. The van der Waals surface area contributed by atoms with E-state index in [4.69, 9.17) is 0 Å². The van der Waals surface area contributed by atoms with Crippen molar-refractivity contribution in [1.29, 1.82) is 0 Å². The van der Waals surface area contributed by atoms with Crippen LogP contribution in [0.3, 0.4) is 0 Å². The van der Waals surface area contributed by atoms with E-state index >= 15 is 0 Å². The number of rotatable bonds is 6. The van der Waals surface area contributed by atoms with Gasteiger partial charge >= 0.3 is 10.2 Å². The summed E-state index contributed by atoms with van der Waals surface area (Å²) in [5, 5.41) is 0. The molecule has 4 aromatic carbocycles. The van der Waals surface area contributed by atoms with Crippen molar-refractivity contribution < 1.29 is 18.0 Å². The van der Waals surface area contributed by atoms with Crippen molar-refractivity contribution in [3.63, 3.8) is 0 Å². The summed E-state index contributed by atoms with van der Waals surface area (Å²) in [5.74, 6) is -1.68. The molecule has 0 radical (unpaired) electrons. The molecule has 0 fully saturated rings. The van der Waals surface area contributed by atoms with Crippen LogP contribution in [0, 0.1) is 0 Å². The van der Waals surface area contributed by atoms with E-state index in [1.165, 1.54) is 12.1 Å². The predicted molar refractivity (Wildman–Crippen MR) is 128 cm³/mol. The van der Waals surface area contributed by atoms with Crippen molar-refractivity contribution >= 4 is 22.0 Å². The summed E-state index contributed by atoms with van der Waals surface area (Å²) in [6.45, 7) is 0. The van der Waals surface area contributed by atoms with Gasteiger partial charge in [0, 0.05) is 11.1 Å². The van der Waals surface area contributed by atoms with Gasteiger partial charge in [-0.1, -0.05) is 84.9 Å². The van der Waals surface area contributed by atoms with Gasteiger partial charge in [-0.05, 0) is 46.5 Å². The van der Waals surface area contributed by atoms with E-state index in [0.717, 1.165) is 22.3 Å². The van der Waals surface area contributed by atoms with Crippen molar-refractivity contribution in [2.75, 3.05) is 0 Å². The second-order valence-electron chi connectivity index (χ2n) is 7.26. The van der Waals surface area contributed by atoms with E-state index in [9.17, 15) is 18.0 Å². The first kappa shape index (κ1) is 22.0. The highest BCUT2D eigenvalue weighted by molar-refractivity contribution is 7.88. The summed E-state index contributed by atoms with van der Waals surface area (Å²) in [5.41, 5.74) is 3.62. The summed E-state index contributed by atoms with van der Waals surface area (Å²) in [4.78, 5) is 25.1. The van der Waals surface area contributed by atoms with Gasteiger partial charge in [0.2, 0.25) is 0 Å². The SMILES string of the molecule is O=C(NS(=O)(=O)NC(=O)c1cccc(-c2ccccc2)c1)c1cccc(-c2ccccc2)c1. The van der Waals surface area contributed by atoms with Crippen LogP contribution in [-0.2, 0) is 10.2 Å². The molecule has 0 atom stereocenters. The standard InChI is InChI=1S/C26H20N2O4S/c29-25(23-15-7-13-21(17-23)19-9-3-1-4-10-19)27-33(31,32)28-26(30)24-16-8-14-22(18-24)20-11-5-2-6-12-20/h1-18H,(H,27,29)(H,28,30). The fourth-order valence-corrected chi connectivity index (χ4v) is 4.10. The van der Waals surface area contributed by atoms with Crippen LogP contribution >= 0.6 is 0 Å². The second kappa shape index (κ2) is 9.50. The van der Waals surface area contributed by atoms with Crippen LogP contribution in [0.5, 0.6) is 0 Å². The molecule has 2 N–H and O–H groups in total. The predicted octanol–water partition coefficient (Wildman–Crippen LogP) is 4.43.